The van der Waals surface area contributed by atoms with Crippen LogP contribution in [-0.2, 0) is 0 Å². The molecule has 0 N–H and O–H groups in total. The Morgan fingerprint density at radius 2 is 1.42 bits per heavy atom. The molecule has 0 spiro atoms. The fraction of sp³-hybridized carbons (Fsp3) is 0.125. The molecule has 0 heterocycles. The largest absolute Gasteiger partial charge is 0.457 e. The van der Waals surface area contributed by atoms with Gasteiger partial charge in [-0.05, 0) is 55.3 Å². The van der Waals surface area contributed by atoms with Gasteiger partial charge in [-0.2, -0.15) is 10.5 Å². The summed E-state index contributed by atoms with van der Waals surface area (Å²) in [4.78, 5) is 0. The van der Waals surface area contributed by atoms with Gasteiger partial charge in [0.15, 0.2) is 0 Å². The summed E-state index contributed by atoms with van der Waals surface area (Å²) in [5.74, 6) is 1.27. The number of aryl methyl sites for hydroxylation is 2. The van der Waals surface area contributed by atoms with Crippen LogP contribution in [0.15, 0.2) is 36.4 Å². The van der Waals surface area contributed by atoms with Gasteiger partial charge in [0.25, 0.3) is 0 Å². The molecule has 0 saturated heterocycles. The van der Waals surface area contributed by atoms with E-state index in [2.05, 4.69) is 0 Å². The molecule has 2 rings (SSSR count). The van der Waals surface area contributed by atoms with Crippen LogP contribution in [0.1, 0.15) is 22.3 Å². The number of ether oxygens (including phenoxy) is 1. The van der Waals surface area contributed by atoms with Gasteiger partial charge in [0.2, 0.25) is 0 Å². The third-order valence-electron chi connectivity index (χ3n) is 2.95. The average Bonchev–Trinajstić information content (AvgIpc) is 2.43. The molecule has 19 heavy (non-hydrogen) atoms. The Hall–Kier alpha value is -2.78. The molecular formula is C16H12N2O. The maximum Gasteiger partial charge on any atom is 0.128 e. The van der Waals surface area contributed by atoms with Crippen LogP contribution in [-0.4, -0.2) is 0 Å². The molecule has 3 nitrogen and oxygen atoms in total. The molecule has 0 aliphatic rings. The quantitative estimate of drug-likeness (QED) is 0.811. The second-order valence-corrected chi connectivity index (χ2v) is 4.28. The maximum atomic E-state index is 8.96. The lowest BCUT2D eigenvalue weighted by atomic mass is 10.1. The van der Waals surface area contributed by atoms with Gasteiger partial charge in [0, 0.05) is 0 Å². The summed E-state index contributed by atoms with van der Waals surface area (Å²) in [5, 5.41) is 17.8. The predicted molar refractivity (Wildman–Crippen MR) is 71.9 cm³/mol. The van der Waals surface area contributed by atoms with E-state index in [-0.39, 0.29) is 0 Å². The van der Waals surface area contributed by atoms with E-state index in [0.717, 1.165) is 11.3 Å². The van der Waals surface area contributed by atoms with E-state index in [9.17, 15) is 0 Å². The number of nitrogens with zero attached hydrogens (tertiary/aromatic N) is 2. The minimum absolute atomic E-state index is 0.323. The van der Waals surface area contributed by atoms with Crippen LogP contribution < -0.4 is 4.74 Å². The topological polar surface area (TPSA) is 56.8 Å². The van der Waals surface area contributed by atoms with Gasteiger partial charge >= 0.3 is 0 Å². The molecule has 0 aliphatic heterocycles. The summed E-state index contributed by atoms with van der Waals surface area (Å²) in [5.41, 5.74) is 3.02. The van der Waals surface area contributed by atoms with Crippen LogP contribution in [0.4, 0.5) is 0 Å². The van der Waals surface area contributed by atoms with Crippen molar-refractivity contribution in [2.24, 2.45) is 0 Å². The molecule has 0 saturated carbocycles. The molecule has 0 amide bonds. The van der Waals surface area contributed by atoms with Crippen LogP contribution in [0.2, 0.25) is 0 Å². The van der Waals surface area contributed by atoms with Gasteiger partial charge in [-0.3, -0.25) is 0 Å². The molecule has 2 aromatic rings. The third-order valence-corrected chi connectivity index (χ3v) is 2.95. The van der Waals surface area contributed by atoms with Crippen molar-refractivity contribution in [2.75, 3.05) is 0 Å². The summed E-state index contributed by atoms with van der Waals surface area (Å²) in [6.07, 6.45) is 0. The Labute approximate surface area is 112 Å². The highest BCUT2D eigenvalue weighted by Crippen LogP contribution is 2.25. The SMILES string of the molecule is Cc1ccc(Oc2ccc(C#N)c(C#N)c2)cc1C. The normalized spacial score (nSPS) is 9.47. The van der Waals surface area contributed by atoms with Crippen LogP contribution >= 0.6 is 0 Å². The zero-order valence-electron chi connectivity index (χ0n) is 10.8. The summed E-state index contributed by atoms with van der Waals surface area (Å²) in [6.45, 7) is 4.05. The zero-order valence-corrected chi connectivity index (χ0v) is 10.8. The average molecular weight is 248 g/mol. The first kappa shape index (κ1) is 12.7. The zero-order chi connectivity index (χ0) is 13.8. The summed E-state index contributed by atoms with van der Waals surface area (Å²) in [7, 11) is 0. The van der Waals surface area contributed by atoms with Crippen molar-refractivity contribution >= 4 is 0 Å². The van der Waals surface area contributed by atoms with Gasteiger partial charge in [-0.1, -0.05) is 6.07 Å². The number of hydrogen-bond donors (Lipinski definition) is 0. The standard InChI is InChI=1S/C16H12N2O/c1-11-3-5-15(7-12(11)2)19-16-6-4-13(9-17)14(8-16)10-18/h3-8H,1-2H3. The van der Waals surface area contributed by atoms with E-state index in [4.69, 9.17) is 15.3 Å². The first-order chi connectivity index (χ1) is 9.13. The van der Waals surface area contributed by atoms with E-state index in [1.807, 2.05) is 44.2 Å². The van der Waals surface area contributed by atoms with Crippen LogP contribution in [0.3, 0.4) is 0 Å². The highest BCUT2D eigenvalue weighted by molar-refractivity contribution is 5.50. The van der Waals surface area contributed by atoms with Crippen molar-refractivity contribution in [3.63, 3.8) is 0 Å². The van der Waals surface area contributed by atoms with Crippen molar-refractivity contribution in [3.8, 4) is 23.6 Å². The van der Waals surface area contributed by atoms with E-state index < -0.39 is 0 Å². The van der Waals surface area contributed by atoms with Crippen LogP contribution in [0.5, 0.6) is 11.5 Å². The highest BCUT2D eigenvalue weighted by Gasteiger charge is 2.05. The molecule has 0 aliphatic carbocycles. The third kappa shape index (κ3) is 2.73. The van der Waals surface area contributed by atoms with E-state index in [1.54, 1.807) is 18.2 Å². The number of benzene rings is 2. The molecule has 92 valence electrons. The van der Waals surface area contributed by atoms with Gasteiger partial charge in [0.05, 0.1) is 11.1 Å². The monoisotopic (exact) mass is 248 g/mol. The van der Waals surface area contributed by atoms with E-state index in [0.29, 0.717) is 16.9 Å². The van der Waals surface area contributed by atoms with Crippen LogP contribution in [0, 0.1) is 36.5 Å². The molecule has 0 unspecified atom stereocenters. The first-order valence-electron chi connectivity index (χ1n) is 5.83. The van der Waals surface area contributed by atoms with Crippen molar-refractivity contribution in [3.05, 3.63) is 58.7 Å². The smallest absolute Gasteiger partial charge is 0.128 e. The van der Waals surface area contributed by atoms with Crippen molar-refractivity contribution < 1.29 is 4.74 Å². The molecule has 0 bridgehead atoms. The Morgan fingerprint density at radius 1 is 0.789 bits per heavy atom. The lowest BCUT2D eigenvalue weighted by Crippen LogP contribution is -1.89. The molecule has 0 fully saturated rings. The molecule has 0 radical (unpaired) electrons. The number of rotatable bonds is 2. The van der Waals surface area contributed by atoms with Crippen molar-refractivity contribution in [1.29, 1.82) is 10.5 Å². The van der Waals surface area contributed by atoms with E-state index >= 15 is 0 Å². The van der Waals surface area contributed by atoms with Crippen LogP contribution in [0.25, 0.3) is 0 Å². The number of nitriles is 2. The fourth-order valence-corrected chi connectivity index (χ4v) is 1.69. The van der Waals surface area contributed by atoms with Gasteiger partial charge in [-0.15, -0.1) is 0 Å². The Balaban J connectivity index is 2.32. The Morgan fingerprint density at radius 3 is 2.05 bits per heavy atom. The van der Waals surface area contributed by atoms with E-state index in [1.165, 1.54) is 5.56 Å². The van der Waals surface area contributed by atoms with Crippen molar-refractivity contribution in [2.45, 2.75) is 13.8 Å². The fourth-order valence-electron chi connectivity index (χ4n) is 1.69. The molecule has 2 aromatic carbocycles. The van der Waals surface area contributed by atoms with Gasteiger partial charge in [-0.25, -0.2) is 0 Å². The first-order valence-corrected chi connectivity index (χ1v) is 5.83. The summed E-state index contributed by atoms with van der Waals surface area (Å²) >= 11 is 0. The number of hydrogen-bond acceptors (Lipinski definition) is 3. The molecule has 0 aromatic heterocycles. The minimum Gasteiger partial charge on any atom is -0.457 e. The summed E-state index contributed by atoms with van der Waals surface area (Å²) < 4.78 is 5.70. The maximum absolute atomic E-state index is 8.96. The second kappa shape index (κ2) is 5.25. The Bertz CT molecular complexity index is 706. The highest BCUT2D eigenvalue weighted by atomic mass is 16.5. The lowest BCUT2D eigenvalue weighted by Gasteiger charge is -2.08. The summed E-state index contributed by atoms with van der Waals surface area (Å²) in [6, 6.07) is 14.6. The van der Waals surface area contributed by atoms with Crippen molar-refractivity contribution in [1.82, 2.24) is 0 Å². The lowest BCUT2D eigenvalue weighted by molar-refractivity contribution is 0.482. The van der Waals surface area contributed by atoms with Gasteiger partial charge in [0.1, 0.15) is 23.6 Å². The molecule has 0 atom stereocenters. The molecular weight excluding hydrogens is 236 g/mol. The minimum atomic E-state index is 0.323. The van der Waals surface area contributed by atoms with Gasteiger partial charge < -0.3 is 4.74 Å². The second-order valence-electron chi connectivity index (χ2n) is 4.28. The Kier molecular flexibility index (Phi) is 3.50. The molecule has 3 heteroatoms. The predicted octanol–water partition coefficient (Wildman–Crippen LogP) is 3.84.